The molecular formula is C12H14N2O. The molecule has 0 spiro atoms. The van der Waals surface area contributed by atoms with E-state index in [1.807, 2.05) is 24.3 Å². The summed E-state index contributed by atoms with van der Waals surface area (Å²) in [5.41, 5.74) is 1.88. The zero-order valence-electron chi connectivity index (χ0n) is 8.81. The van der Waals surface area contributed by atoms with Gasteiger partial charge in [-0.05, 0) is 31.2 Å². The SMILES string of the molecule is C[C@H]1COCCN1c1ccc(C#N)cc1. The fourth-order valence-electron chi connectivity index (χ4n) is 1.84. The van der Waals surface area contributed by atoms with Crippen molar-refractivity contribution in [1.29, 1.82) is 5.26 Å². The van der Waals surface area contributed by atoms with Crippen LogP contribution in [-0.4, -0.2) is 25.8 Å². The molecule has 0 unspecified atom stereocenters. The van der Waals surface area contributed by atoms with Crippen molar-refractivity contribution in [1.82, 2.24) is 0 Å². The third-order valence-electron chi connectivity index (χ3n) is 2.70. The Bertz CT molecular complexity index is 366. The lowest BCUT2D eigenvalue weighted by molar-refractivity contribution is 0.0989. The number of morpholine rings is 1. The minimum atomic E-state index is 0.409. The molecule has 1 saturated heterocycles. The molecule has 2 rings (SSSR count). The molecule has 1 atom stereocenters. The molecule has 1 heterocycles. The van der Waals surface area contributed by atoms with Gasteiger partial charge in [0, 0.05) is 18.3 Å². The van der Waals surface area contributed by atoms with Crippen LogP contribution in [0.1, 0.15) is 12.5 Å². The average Bonchev–Trinajstić information content (AvgIpc) is 2.30. The van der Waals surface area contributed by atoms with E-state index >= 15 is 0 Å². The van der Waals surface area contributed by atoms with Gasteiger partial charge in [-0.1, -0.05) is 0 Å². The van der Waals surface area contributed by atoms with Gasteiger partial charge in [-0.25, -0.2) is 0 Å². The molecule has 0 bridgehead atoms. The van der Waals surface area contributed by atoms with E-state index in [1.165, 1.54) is 5.69 Å². The summed E-state index contributed by atoms with van der Waals surface area (Å²) in [6, 6.07) is 10.3. The summed E-state index contributed by atoms with van der Waals surface area (Å²) in [6.45, 7) is 4.63. The van der Waals surface area contributed by atoms with Crippen LogP contribution in [0.15, 0.2) is 24.3 Å². The van der Waals surface area contributed by atoms with E-state index in [-0.39, 0.29) is 0 Å². The number of hydrogen-bond donors (Lipinski definition) is 0. The van der Waals surface area contributed by atoms with Crippen molar-refractivity contribution >= 4 is 5.69 Å². The van der Waals surface area contributed by atoms with E-state index in [0.717, 1.165) is 19.8 Å². The van der Waals surface area contributed by atoms with Crippen LogP contribution in [0.25, 0.3) is 0 Å². The molecule has 0 saturated carbocycles. The highest BCUT2D eigenvalue weighted by Gasteiger charge is 2.18. The Kier molecular flexibility index (Phi) is 2.89. The van der Waals surface area contributed by atoms with Gasteiger partial charge in [0.1, 0.15) is 0 Å². The number of hydrogen-bond acceptors (Lipinski definition) is 3. The highest BCUT2D eigenvalue weighted by atomic mass is 16.5. The number of anilines is 1. The Morgan fingerprint density at radius 1 is 1.40 bits per heavy atom. The Labute approximate surface area is 89.9 Å². The van der Waals surface area contributed by atoms with E-state index in [9.17, 15) is 0 Å². The lowest BCUT2D eigenvalue weighted by atomic mass is 10.1. The Morgan fingerprint density at radius 2 is 2.13 bits per heavy atom. The Morgan fingerprint density at radius 3 is 2.73 bits per heavy atom. The molecule has 15 heavy (non-hydrogen) atoms. The number of nitrogens with zero attached hydrogens (tertiary/aromatic N) is 2. The van der Waals surface area contributed by atoms with Gasteiger partial charge >= 0.3 is 0 Å². The molecule has 1 aromatic carbocycles. The van der Waals surface area contributed by atoms with Gasteiger partial charge in [0.2, 0.25) is 0 Å². The van der Waals surface area contributed by atoms with Crippen LogP contribution >= 0.6 is 0 Å². The first kappa shape index (κ1) is 10.0. The van der Waals surface area contributed by atoms with Crippen LogP contribution in [0, 0.1) is 11.3 Å². The first-order valence-corrected chi connectivity index (χ1v) is 5.16. The highest BCUT2D eigenvalue weighted by molar-refractivity contribution is 5.50. The molecule has 0 N–H and O–H groups in total. The molecule has 1 aromatic rings. The summed E-state index contributed by atoms with van der Waals surface area (Å²) in [7, 11) is 0. The van der Waals surface area contributed by atoms with Gasteiger partial charge in [0.05, 0.1) is 24.8 Å². The first-order valence-electron chi connectivity index (χ1n) is 5.16. The zero-order valence-corrected chi connectivity index (χ0v) is 8.81. The zero-order chi connectivity index (χ0) is 10.7. The number of benzene rings is 1. The second-order valence-corrected chi connectivity index (χ2v) is 3.78. The van der Waals surface area contributed by atoms with Crippen molar-refractivity contribution in [2.24, 2.45) is 0 Å². The fraction of sp³-hybridized carbons (Fsp3) is 0.417. The largest absolute Gasteiger partial charge is 0.377 e. The summed E-state index contributed by atoms with van der Waals surface area (Å²) in [4.78, 5) is 2.31. The summed E-state index contributed by atoms with van der Waals surface area (Å²) >= 11 is 0. The van der Waals surface area contributed by atoms with Gasteiger partial charge in [0.25, 0.3) is 0 Å². The van der Waals surface area contributed by atoms with E-state index in [4.69, 9.17) is 10.00 Å². The van der Waals surface area contributed by atoms with Crippen LogP contribution < -0.4 is 4.90 Å². The smallest absolute Gasteiger partial charge is 0.0991 e. The molecule has 3 nitrogen and oxygen atoms in total. The molecule has 0 radical (unpaired) electrons. The molecule has 0 aromatic heterocycles. The maximum absolute atomic E-state index is 8.71. The van der Waals surface area contributed by atoms with Crippen LogP contribution in [0.4, 0.5) is 5.69 Å². The molecule has 0 amide bonds. The summed E-state index contributed by atoms with van der Waals surface area (Å²) in [6.07, 6.45) is 0. The second kappa shape index (κ2) is 4.33. The molecule has 1 aliphatic heterocycles. The van der Waals surface area contributed by atoms with Crippen molar-refractivity contribution in [3.8, 4) is 6.07 Å². The minimum absolute atomic E-state index is 0.409. The minimum Gasteiger partial charge on any atom is -0.377 e. The summed E-state index contributed by atoms with van der Waals surface area (Å²) in [5, 5.41) is 8.71. The highest BCUT2D eigenvalue weighted by Crippen LogP contribution is 2.19. The normalized spacial score (nSPS) is 21.1. The molecule has 1 aliphatic rings. The van der Waals surface area contributed by atoms with E-state index < -0.39 is 0 Å². The van der Waals surface area contributed by atoms with E-state index in [0.29, 0.717) is 11.6 Å². The van der Waals surface area contributed by atoms with Crippen LogP contribution in [0.3, 0.4) is 0 Å². The maximum atomic E-state index is 8.71. The molecular weight excluding hydrogens is 188 g/mol. The van der Waals surface area contributed by atoms with Gasteiger partial charge in [0.15, 0.2) is 0 Å². The van der Waals surface area contributed by atoms with Gasteiger partial charge in [-0.15, -0.1) is 0 Å². The van der Waals surface area contributed by atoms with Crippen molar-refractivity contribution in [2.75, 3.05) is 24.7 Å². The number of ether oxygens (including phenoxy) is 1. The third-order valence-corrected chi connectivity index (χ3v) is 2.70. The fourth-order valence-corrected chi connectivity index (χ4v) is 1.84. The average molecular weight is 202 g/mol. The molecule has 78 valence electrons. The standard InChI is InChI=1S/C12H14N2O/c1-10-9-15-7-6-14(10)12-4-2-11(8-13)3-5-12/h2-5,10H,6-7,9H2,1H3/t10-/m0/s1. The van der Waals surface area contributed by atoms with Crippen molar-refractivity contribution in [3.05, 3.63) is 29.8 Å². The quantitative estimate of drug-likeness (QED) is 0.696. The lowest BCUT2D eigenvalue weighted by Crippen LogP contribution is -2.43. The third kappa shape index (κ3) is 2.11. The van der Waals surface area contributed by atoms with Crippen molar-refractivity contribution in [2.45, 2.75) is 13.0 Å². The Hall–Kier alpha value is -1.53. The van der Waals surface area contributed by atoms with E-state index in [1.54, 1.807) is 0 Å². The predicted octanol–water partition coefficient (Wildman–Crippen LogP) is 1.78. The summed E-state index contributed by atoms with van der Waals surface area (Å²) in [5.74, 6) is 0. The van der Waals surface area contributed by atoms with Gasteiger partial charge in [-0.2, -0.15) is 5.26 Å². The molecule has 3 heteroatoms. The predicted molar refractivity (Wildman–Crippen MR) is 58.8 cm³/mol. The lowest BCUT2D eigenvalue weighted by Gasteiger charge is -2.35. The van der Waals surface area contributed by atoms with Gasteiger partial charge < -0.3 is 9.64 Å². The van der Waals surface area contributed by atoms with Crippen molar-refractivity contribution in [3.63, 3.8) is 0 Å². The maximum Gasteiger partial charge on any atom is 0.0991 e. The molecule has 0 aliphatic carbocycles. The topological polar surface area (TPSA) is 36.3 Å². The summed E-state index contributed by atoms with van der Waals surface area (Å²) < 4.78 is 5.38. The molecule has 1 fully saturated rings. The van der Waals surface area contributed by atoms with Gasteiger partial charge in [-0.3, -0.25) is 0 Å². The first-order chi connectivity index (χ1) is 7.31. The monoisotopic (exact) mass is 202 g/mol. The van der Waals surface area contributed by atoms with Crippen LogP contribution in [0.5, 0.6) is 0 Å². The van der Waals surface area contributed by atoms with Crippen LogP contribution in [0.2, 0.25) is 0 Å². The van der Waals surface area contributed by atoms with Crippen LogP contribution in [-0.2, 0) is 4.74 Å². The second-order valence-electron chi connectivity index (χ2n) is 3.78. The van der Waals surface area contributed by atoms with E-state index in [2.05, 4.69) is 17.9 Å². The Balaban J connectivity index is 2.18. The van der Waals surface area contributed by atoms with Crippen molar-refractivity contribution < 1.29 is 4.74 Å². The number of nitriles is 1. The number of rotatable bonds is 1.